The van der Waals surface area contributed by atoms with Crippen LogP contribution in [0.3, 0.4) is 0 Å². The first-order valence-electron chi connectivity index (χ1n) is 4.55. The number of carboxylic acid groups (broad SMARTS) is 1. The monoisotopic (exact) mass is 329 g/mol. The van der Waals surface area contributed by atoms with E-state index in [1.165, 1.54) is 6.07 Å². The van der Waals surface area contributed by atoms with Crippen molar-refractivity contribution in [3.63, 3.8) is 0 Å². The Morgan fingerprint density at radius 3 is 2.44 bits per heavy atom. The zero-order valence-electron chi connectivity index (χ0n) is 8.62. The maximum Gasteiger partial charge on any atom is 0.409 e. The van der Waals surface area contributed by atoms with Crippen molar-refractivity contribution in [2.24, 2.45) is 0 Å². The zero-order valence-corrected chi connectivity index (χ0v) is 10.2. The Morgan fingerprint density at radius 2 is 2.06 bits per heavy atom. The number of carbonyl (C=O) groups excluding carboxylic acids is 1. The molecule has 5 nitrogen and oxygen atoms in total. The van der Waals surface area contributed by atoms with Crippen LogP contribution in [0, 0.1) is 0 Å². The highest BCUT2D eigenvalue weighted by Gasteiger charge is 2.42. The molecule has 0 fully saturated rings. The molecule has 0 aliphatic carbocycles. The van der Waals surface area contributed by atoms with Gasteiger partial charge in [0, 0.05) is 0 Å². The summed E-state index contributed by atoms with van der Waals surface area (Å²) in [5, 5.41) is 9.91. The minimum atomic E-state index is -4.85. The predicted octanol–water partition coefficient (Wildman–Crippen LogP) is 2.18. The molecule has 1 unspecified atom stereocenters. The number of carboxylic acids is 1. The van der Waals surface area contributed by atoms with E-state index in [1.807, 2.05) is 0 Å². The molecule has 0 saturated heterocycles. The normalized spacial score (nSPS) is 13.1. The van der Waals surface area contributed by atoms with Crippen LogP contribution < -0.4 is 5.32 Å². The van der Waals surface area contributed by atoms with E-state index < -0.39 is 30.5 Å². The van der Waals surface area contributed by atoms with E-state index in [0.717, 1.165) is 6.07 Å². The molecule has 0 aromatic carbocycles. The number of rotatable bonds is 4. The third kappa shape index (κ3) is 4.06. The van der Waals surface area contributed by atoms with Crippen LogP contribution in [-0.4, -0.2) is 29.2 Å². The summed E-state index contributed by atoms with van der Waals surface area (Å²) in [5.74, 6) is -3.15. The second kappa shape index (κ2) is 5.42. The summed E-state index contributed by atoms with van der Waals surface area (Å²) >= 11 is 2.88. The van der Waals surface area contributed by atoms with Crippen LogP contribution in [0.25, 0.3) is 0 Å². The molecule has 2 N–H and O–H groups in total. The first-order chi connectivity index (χ1) is 8.20. The molecule has 1 aromatic rings. The number of aliphatic carboxylic acids is 1. The fourth-order valence-corrected chi connectivity index (χ4v) is 1.40. The van der Waals surface area contributed by atoms with Gasteiger partial charge < -0.3 is 14.8 Å². The predicted molar refractivity (Wildman–Crippen MR) is 56.0 cm³/mol. The van der Waals surface area contributed by atoms with Gasteiger partial charge in [0.05, 0.1) is 6.42 Å². The number of amides is 1. The maximum absolute atomic E-state index is 12.4. The Hall–Kier alpha value is -1.51. The van der Waals surface area contributed by atoms with Gasteiger partial charge in [-0.2, -0.15) is 13.2 Å². The average molecular weight is 330 g/mol. The molecule has 1 atom stereocenters. The van der Waals surface area contributed by atoms with E-state index in [9.17, 15) is 22.8 Å². The summed E-state index contributed by atoms with van der Waals surface area (Å²) < 4.78 is 42.3. The number of nitrogens with one attached hydrogen (secondary N) is 1. The summed E-state index contributed by atoms with van der Waals surface area (Å²) in [6.07, 6.45) is -6.10. The van der Waals surface area contributed by atoms with E-state index in [4.69, 9.17) is 9.52 Å². The van der Waals surface area contributed by atoms with Crippen molar-refractivity contribution in [2.45, 2.75) is 18.6 Å². The highest BCUT2D eigenvalue weighted by molar-refractivity contribution is 9.10. The van der Waals surface area contributed by atoms with Crippen molar-refractivity contribution in [1.82, 2.24) is 5.32 Å². The van der Waals surface area contributed by atoms with Crippen molar-refractivity contribution < 1.29 is 32.3 Å². The quantitative estimate of drug-likeness (QED) is 0.887. The first-order valence-corrected chi connectivity index (χ1v) is 5.34. The van der Waals surface area contributed by atoms with Gasteiger partial charge in [0.1, 0.15) is 6.04 Å². The summed E-state index contributed by atoms with van der Waals surface area (Å²) in [4.78, 5) is 21.7. The number of carbonyl (C=O) groups is 2. The van der Waals surface area contributed by atoms with Crippen LogP contribution in [0.5, 0.6) is 0 Å². The standard InChI is InChI=1S/C9H7BrF3NO4/c10-6-2-1-4(18-6)8(17)14-5(3-7(15)16)9(11,12)13/h1-2,5H,3H2,(H,14,17)(H,15,16). The summed E-state index contributed by atoms with van der Waals surface area (Å²) in [6.45, 7) is 0. The number of hydrogen-bond acceptors (Lipinski definition) is 3. The maximum atomic E-state index is 12.4. The van der Waals surface area contributed by atoms with Crippen molar-refractivity contribution >= 4 is 27.8 Å². The van der Waals surface area contributed by atoms with Crippen LogP contribution in [0.2, 0.25) is 0 Å². The van der Waals surface area contributed by atoms with E-state index in [0.29, 0.717) is 0 Å². The fourth-order valence-electron chi connectivity index (χ4n) is 1.09. The number of halogens is 4. The molecular formula is C9H7BrF3NO4. The lowest BCUT2D eigenvalue weighted by Crippen LogP contribution is -2.46. The molecule has 1 heterocycles. The van der Waals surface area contributed by atoms with Gasteiger partial charge in [0.25, 0.3) is 5.91 Å². The van der Waals surface area contributed by atoms with Gasteiger partial charge in [-0.3, -0.25) is 9.59 Å². The van der Waals surface area contributed by atoms with Crippen molar-refractivity contribution in [2.75, 3.05) is 0 Å². The van der Waals surface area contributed by atoms with Crippen molar-refractivity contribution in [3.8, 4) is 0 Å². The van der Waals surface area contributed by atoms with Gasteiger partial charge in [-0.15, -0.1) is 0 Å². The largest absolute Gasteiger partial charge is 0.481 e. The van der Waals surface area contributed by atoms with Gasteiger partial charge in [0.15, 0.2) is 10.4 Å². The summed E-state index contributed by atoms with van der Waals surface area (Å²) in [5.41, 5.74) is 0. The number of alkyl halides is 3. The van der Waals surface area contributed by atoms with E-state index in [2.05, 4.69) is 15.9 Å². The molecule has 0 saturated carbocycles. The van der Waals surface area contributed by atoms with Gasteiger partial charge in [-0.1, -0.05) is 0 Å². The molecule has 1 aromatic heterocycles. The van der Waals surface area contributed by atoms with E-state index in [-0.39, 0.29) is 10.4 Å². The molecule has 0 aliphatic heterocycles. The topological polar surface area (TPSA) is 79.5 Å². The lowest BCUT2D eigenvalue weighted by atomic mass is 10.2. The van der Waals surface area contributed by atoms with E-state index >= 15 is 0 Å². The second-order valence-electron chi connectivity index (χ2n) is 3.27. The van der Waals surface area contributed by atoms with Gasteiger partial charge >= 0.3 is 12.1 Å². The molecule has 1 amide bonds. The Balaban J connectivity index is 2.78. The van der Waals surface area contributed by atoms with Crippen LogP contribution in [0.1, 0.15) is 17.0 Å². The van der Waals surface area contributed by atoms with Crippen LogP contribution in [0.4, 0.5) is 13.2 Å². The Kier molecular flexibility index (Phi) is 4.38. The minimum absolute atomic E-state index is 0.175. The molecule has 100 valence electrons. The Labute approximate surface area is 107 Å². The number of furan rings is 1. The molecule has 0 spiro atoms. The Morgan fingerprint density at radius 1 is 1.44 bits per heavy atom. The highest BCUT2D eigenvalue weighted by atomic mass is 79.9. The molecule has 0 bridgehead atoms. The number of hydrogen-bond donors (Lipinski definition) is 2. The minimum Gasteiger partial charge on any atom is -0.481 e. The van der Waals surface area contributed by atoms with Gasteiger partial charge in [0.2, 0.25) is 0 Å². The first kappa shape index (κ1) is 14.6. The lowest BCUT2D eigenvalue weighted by Gasteiger charge is -2.19. The highest BCUT2D eigenvalue weighted by Crippen LogP contribution is 2.23. The summed E-state index contributed by atoms with van der Waals surface area (Å²) in [6, 6.07) is 0.0221. The van der Waals surface area contributed by atoms with Crippen molar-refractivity contribution in [3.05, 3.63) is 22.6 Å². The zero-order chi connectivity index (χ0) is 13.9. The molecular weight excluding hydrogens is 323 g/mol. The smallest absolute Gasteiger partial charge is 0.409 e. The van der Waals surface area contributed by atoms with E-state index in [1.54, 1.807) is 5.32 Å². The van der Waals surface area contributed by atoms with Crippen LogP contribution in [0.15, 0.2) is 21.2 Å². The van der Waals surface area contributed by atoms with Gasteiger partial charge in [-0.05, 0) is 28.1 Å². The molecule has 1 rings (SSSR count). The fraction of sp³-hybridized carbons (Fsp3) is 0.333. The Bertz CT molecular complexity index is 457. The third-order valence-corrected chi connectivity index (χ3v) is 2.30. The average Bonchev–Trinajstić information content (AvgIpc) is 2.61. The summed E-state index contributed by atoms with van der Waals surface area (Å²) in [7, 11) is 0. The molecule has 18 heavy (non-hydrogen) atoms. The second-order valence-corrected chi connectivity index (χ2v) is 4.05. The van der Waals surface area contributed by atoms with Crippen LogP contribution in [-0.2, 0) is 4.79 Å². The van der Waals surface area contributed by atoms with Crippen LogP contribution >= 0.6 is 15.9 Å². The SMILES string of the molecule is O=C(O)CC(NC(=O)c1ccc(Br)o1)C(F)(F)F. The molecule has 9 heteroatoms. The lowest BCUT2D eigenvalue weighted by molar-refractivity contribution is -0.165. The van der Waals surface area contributed by atoms with Gasteiger partial charge in [-0.25, -0.2) is 0 Å². The molecule has 0 aliphatic rings. The molecule has 0 radical (unpaired) electrons. The third-order valence-electron chi connectivity index (χ3n) is 1.88. The van der Waals surface area contributed by atoms with Crippen molar-refractivity contribution in [1.29, 1.82) is 0 Å².